The van der Waals surface area contributed by atoms with Gasteiger partial charge in [-0.1, -0.05) is 29.8 Å². The van der Waals surface area contributed by atoms with Gasteiger partial charge < -0.3 is 10.4 Å². The minimum atomic E-state index is 0.144. The van der Waals surface area contributed by atoms with Crippen LogP contribution in [0.25, 0.3) is 0 Å². The van der Waals surface area contributed by atoms with Gasteiger partial charge in [0.2, 0.25) is 0 Å². The number of nitrogens with one attached hydrogen (secondary N) is 1. The highest BCUT2D eigenvalue weighted by molar-refractivity contribution is 5.24. The summed E-state index contributed by atoms with van der Waals surface area (Å²) >= 11 is 0. The van der Waals surface area contributed by atoms with Crippen molar-refractivity contribution < 1.29 is 5.11 Å². The monoisotopic (exact) mass is 193 g/mol. The Bertz CT molecular complexity index is 285. The van der Waals surface area contributed by atoms with E-state index >= 15 is 0 Å². The van der Waals surface area contributed by atoms with E-state index < -0.39 is 0 Å². The molecule has 0 aliphatic heterocycles. The normalized spacial score (nSPS) is 15.1. The van der Waals surface area contributed by atoms with Gasteiger partial charge in [0.1, 0.15) is 0 Å². The first-order valence-corrected chi connectivity index (χ1v) is 5.07. The first kappa shape index (κ1) is 11.2. The Kier molecular flexibility index (Phi) is 4.11. The van der Waals surface area contributed by atoms with Crippen LogP contribution in [0, 0.1) is 6.92 Å². The van der Waals surface area contributed by atoms with Crippen molar-refractivity contribution in [3.8, 4) is 0 Å². The molecule has 2 N–H and O–H groups in total. The maximum atomic E-state index is 8.92. The Morgan fingerprint density at radius 1 is 1.36 bits per heavy atom. The molecule has 2 atom stereocenters. The molecule has 0 spiro atoms. The van der Waals surface area contributed by atoms with Crippen LogP contribution in [0.4, 0.5) is 0 Å². The van der Waals surface area contributed by atoms with E-state index in [9.17, 15) is 0 Å². The van der Waals surface area contributed by atoms with Gasteiger partial charge in [-0.15, -0.1) is 0 Å². The van der Waals surface area contributed by atoms with E-state index in [-0.39, 0.29) is 18.7 Å². The summed E-state index contributed by atoms with van der Waals surface area (Å²) in [5.74, 6) is 0. The average molecular weight is 193 g/mol. The van der Waals surface area contributed by atoms with Crippen molar-refractivity contribution >= 4 is 0 Å². The molecule has 0 radical (unpaired) electrons. The summed E-state index contributed by atoms with van der Waals surface area (Å²) in [5, 5.41) is 12.2. The van der Waals surface area contributed by atoms with E-state index in [0.29, 0.717) is 0 Å². The molecule has 1 unspecified atom stereocenters. The van der Waals surface area contributed by atoms with Crippen LogP contribution in [-0.2, 0) is 0 Å². The van der Waals surface area contributed by atoms with Gasteiger partial charge in [-0.2, -0.15) is 0 Å². The quantitative estimate of drug-likeness (QED) is 0.767. The third kappa shape index (κ3) is 3.13. The molecular weight excluding hydrogens is 174 g/mol. The van der Waals surface area contributed by atoms with Gasteiger partial charge in [-0.3, -0.25) is 0 Å². The van der Waals surface area contributed by atoms with E-state index in [2.05, 4.69) is 43.4 Å². The summed E-state index contributed by atoms with van der Waals surface area (Å²) in [7, 11) is 0. The first-order valence-electron chi connectivity index (χ1n) is 5.07. The minimum Gasteiger partial charge on any atom is -0.395 e. The van der Waals surface area contributed by atoms with Crippen molar-refractivity contribution in [1.82, 2.24) is 5.32 Å². The molecular formula is C12H19NO. The maximum Gasteiger partial charge on any atom is 0.0582 e. The molecule has 0 aliphatic carbocycles. The summed E-state index contributed by atoms with van der Waals surface area (Å²) < 4.78 is 0. The molecule has 0 aromatic heterocycles. The SMILES string of the molecule is Cc1cccc(C(C)N[C@@H](C)CO)c1. The highest BCUT2D eigenvalue weighted by Crippen LogP contribution is 2.14. The van der Waals surface area contributed by atoms with Crippen LogP contribution in [0.1, 0.15) is 31.0 Å². The minimum absolute atomic E-state index is 0.144. The summed E-state index contributed by atoms with van der Waals surface area (Å²) in [6.07, 6.45) is 0. The second kappa shape index (κ2) is 5.13. The van der Waals surface area contributed by atoms with Crippen LogP contribution in [0.5, 0.6) is 0 Å². The van der Waals surface area contributed by atoms with Crippen LogP contribution in [0.15, 0.2) is 24.3 Å². The van der Waals surface area contributed by atoms with Crippen LogP contribution in [0.2, 0.25) is 0 Å². The van der Waals surface area contributed by atoms with Crippen molar-refractivity contribution in [2.24, 2.45) is 0 Å². The number of aryl methyl sites for hydroxylation is 1. The lowest BCUT2D eigenvalue weighted by atomic mass is 10.1. The summed E-state index contributed by atoms with van der Waals surface area (Å²) in [4.78, 5) is 0. The zero-order valence-electron chi connectivity index (χ0n) is 9.12. The molecule has 2 nitrogen and oxygen atoms in total. The maximum absolute atomic E-state index is 8.92. The van der Waals surface area contributed by atoms with Gasteiger partial charge in [0, 0.05) is 12.1 Å². The Morgan fingerprint density at radius 2 is 2.07 bits per heavy atom. The third-order valence-electron chi connectivity index (χ3n) is 2.35. The lowest BCUT2D eigenvalue weighted by molar-refractivity contribution is 0.243. The van der Waals surface area contributed by atoms with Gasteiger partial charge >= 0.3 is 0 Å². The smallest absolute Gasteiger partial charge is 0.0582 e. The molecule has 78 valence electrons. The number of hydrogen-bond donors (Lipinski definition) is 2. The molecule has 0 bridgehead atoms. The van der Waals surface area contributed by atoms with E-state index in [1.54, 1.807) is 0 Å². The summed E-state index contributed by atoms with van der Waals surface area (Å²) in [5.41, 5.74) is 2.54. The van der Waals surface area contributed by atoms with E-state index in [1.807, 2.05) is 6.92 Å². The molecule has 2 heteroatoms. The highest BCUT2D eigenvalue weighted by atomic mass is 16.3. The molecule has 1 rings (SSSR count). The average Bonchev–Trinajstić information content (AvgIpc) is 2.17. The second-order valence-electron chi connectivity index (χ2n) is 3.89. The number of benzene rings is 1. The molecule has 14 heavy (non-hydrogen) atoms. The first-order chi connectivity index (χ1) is 6.63. The second-order valence-corrected chi connectivity index (χ2v) is 3.89. The predicted octanol–water partition coefficient (Wildman–Crippen LogP) is 2.03. The lowest BCUT2D eigenvalue weighted by Gasteiger charge is -2.18. The number of aliphatic hydroxyl groups excluding tert-OH is 1. The number of rotatable bonds is 4. The third-order valence-corrected chi connectivity index (χ3v) is 2.35. The molecule has 0 fully saturated rings. The standard InChI is InChI=1S/C12H19NO/c1-9-5-4-6-12(7-9)11(3)13-10(2)8-14/h4-7,10-11,13-14H,8H2,1-3H3/t10-,11?/m0/s1. The number of aliphatic hydroxyl groups is 1. The molecule has 0 heterocycles. The highest BCUT2D eigenvalue weighted by Gasteiger charge is 2.07. The largest absolute Gasteiger partial charge is 0.395 e. The van der Waals surface area contributed by atoms with E-state index in [0.717, 1.165) is 0 Å². The van der Waals surface area contributed by atoms with E-state index in [4.69, 9.17) is 5.11 Å². The zero-order chi connectivity index (χ0) is 10.6. The molecule has 0 amide bonds. The fourth-order valence-corrected chi connectivity index (χ4v) is 1.52. The van der Waals surface area contributed by atoms with E-state index in [1.165, 1.54) is 11.1 Å². The van der Waals surface area contributed by atoms with Crippen molar-refractivity contribution in [1.29, 1.82) is 0 Å². The lowest BCUT2D eigenvalue weighted by Crippen LogP contribution is -2.31. The summed E-state index contributed by atoms with van der Waals surface area (Å²) in [6.45, 7) is 6.36. The van der Waals surface area contributed by atoms with Crippen molar-refractivity contribution in [2.75, 3.05) is 6.61 Å². The Hall–Kier alpha value is -0.860. The van der Waals surface area contributed by atoms with Crippen LogP contribution >= 0.6 is 0 Å². The van der Waals surface area contributed by atoms with Crippen molar-refractivity contribution in [3.63, 3.8) is 0 Å². The molecule has 0 saturated carbocycles. The van der Waals surface area contributed by atoms with Gasteiger partial charge in [-0.25, -0.2) is 0 Å². The van der Waals surface area contributed by atoms with Gasteiger partial charge in [-0.05, 0) is 26.3 Å². The van der Waals surface area contributed by atoms with Gasteiger partial charge in [0.05, 0.1) is 6.61 Å². The fourth-order valence-electron chi connectivity index (χ4n) is 1.52. The Labute approximate surface area is 86.0 Å². The molecule has 1 aromatic carbocycles. The van der Waals surface area contributed by atoms with Crippen LogP contribution in [0.3, 0.4) is 0 Å². The van der Waals surface area contributed by atoms with Crippen molar-refractivity contribution in [2.45, 2.75) is 32.9 Å². The zero-order valence-corrected chi connectivity index (χ0v) is 9.12. The van der Waals surface area contributed by atoms with Gasteiger partial charge in [0.25, 0.3) is 0 Å². The predicted molar refractivity (Wildman–Crippen MR) is 59.3 cm³/mol. The van der Waals surface area contributed by atoms with Crippen LogP contribution in [-0.4, -0.2) is 17.8 Å². The Morgan fingerprint density at radius 3 is 2.64 bits per heavy atom. The van der Waals surface area contributed by atoms with Crippen LogP contribution < -0.4 is 5.32 Å². The van der Waals surface area contributed by atoms with Gasteiger partial charge in [0.15, 0.2) is 0 Å². The topological polar surface area (TPSA) is 32.3 Å². The molecule has 1 aromatic rings. The molecule has 0 saturated heterocycles. The summed E-state index contributed by atoms with van der Waals surface area (Å²) in [6, 6.07) is 8.86. The van der Waals surface area contributed by atoms with Crippen molar-refractivity contribution in [3.05, 3.63) is 35.4 Å². The Balaban J connectivity index is 2.64. The molecule has 0 aliphatic rings. The fraction of sp³-hybridized carbons (Fsp3) is 0.500. The number of hydrogen-bond acceptors (Lipinski definition) is 2.